The van der Waals surface area contributed by atoms with E-state index < -0.39 is 0 Å². The van der Waals surface area contributed by atoms with Gasteiger partial charge in [-0.25, -0.2) is 5.01 Å². The second-order valence-electron chi connectivity index (χ2n) is 1.40. The molecule has 3 nitrogen and oxygen atoms in total. The Hall–Kier alpha value is -0.120. The maximum Gasteiger partial charge on any atom is 0.0102 e. The summed E-state index contributed by atoms with van der Waals surface area (Å²) in [6.07, 6.45) is 0. The average molecular weight is 120 g/mol. The molecule has 0 bridgehead atoms. The number of hydrazine groups is 1. The topological polar surface area (TPSA) is 46.8 Å². The van der Waals surface area contributed by atoms with E-state index in [1.54, 1.807) is 0 Å². The molecule has 0 heterocycles. The molecule has 0 saturated heterocycles. The van der Waals surface area contributed by atoms with Gasteiger partial charge in [-0.2, -0.15) is 0 Å². The van der Waals surface area contributed by atoms with Crippen molar-refractivity contribution in [3.8, 4) is 0 Å². The lowest BCUT2D eigenvalue weighted by Crippen LogP contribution is -2.34. The fraction of sp³-hybridized carbons (Fsp3) is 1.00. The molecule has 3 heteroatoms. The molecule has 0 unspecified atom stereocenters. The normalized spacial score (nSPS) is 9.00. The predicted molar refractivity (Wildman–Crippen MR) is 35.6 cm³/mol. The standard InChI is InChI=1S/C5H14N2.H2O/c1-4-7(5-2)6-3;/h6H,4-5H2,1-3H3;1H2. The largest absolute Gasteiger partial charge is 0.412 e. The highest BCUT2D eigenvalue weighted by Crippen LogP contribution is 1.74. The monoisotopic (exact) mass is 120 g/mol. The third-order valence-electron chi connectivity index (χ3n) is 1.08. The zero-order chi connectivity index (χ0) is 5.70. The minimum atomic E-state index is 0. The molecule has 3 N–H and O–H groups in total. The first-order valence-corrected chi connectivity index (χ1v) is 2.77. The Morgan fingerprint density at radius 2 is 1.62 bits per heavy atom. The Morgan fingerprint density at radius 3 is 1.62 bits per heavy atom. The second-order valence-corrected chi connectivity index (χ2v) is 1.40. The van der Waals surface area contributed by atoms with Crippen molar-refractivity contribution in [2.24, 2.45) is 0 Å². The fourth-order valence-electron chi connectivity index (χ4n) is 0.540. The molecule has 0 aromatic carbocycles. The molecule has 0 spiro atoms. The number of hydrogen-bond donors (Lipinski definition) is 1. The molecule has 0 aliphatic heterocycles. The quantitative estimate of drug-likeness (QED) is 0.517. The summed E-state index contributed by atoms with van der Waals surface area (Å²) in [6.45, 7) is 6.40. The Kier molecular flexibility index (Phi) is 9.28. The van der Waals surface area contributed by atoms with Crippen molar-refractivity contribution in [3.63, 3.8) is 0 Å². The van der Waals surface area contributed by atoms with Gasteiger partial charge in [-0.1, -0.05) is 13.8 Å². The molecule has 0 aromatic heterocycles. The highest BCUT2D eigenvalue weighted by molar-refractivity contribution is 4.36. The van der Waals surface area contributed by atoms with Crippen LogP contribution in [0.5, 0.6) is 0 Å². The van der Waals surface area contributed by atoms with E-state index in [1.807, 2.05) is 7.05 Å². The van der Waals surface area contributed by atoms with Gasteiger partial charge in [0.1, 0.15) is 0 Å². The lowest BCUT2D eigenvalue weighted by molar-refractivity contribution is 0.232. The first-order valence-electron chi connectivity index (χ1n) is 2.77. The number of nitrogens with zero attached hydrogens (tertiary/aromatic N) is 1. The summed E-state index contributed by atoms with van der Waals surface area (Å²) in [7, 11) is 1.94. The average Bonchev–Trinajstić information content (AvgIpc) is 1.72. The van der Waals surface area contributed by atoms with Gasteiger partial charge in [0, 0.05) is 13.1 Å². The van der Waals surface area contributed by atoms with Crippen LogP contribution in [0.1, 0.15) is 13.8 Å². The molecule has 0 radical (unpaired) electrons. The van der Waals surface area contributed by atoms with Crippen molar-refractivity contribution in [2.45, 2.75) is 13.8 Å². The lowest BCUT2D eigenvalue weighted by Gasteiger charge is -2.14. The van der Waals surface area contributed by atoms with E-state index in [1.165, 1.54) is 0 Å². The fourth-order valence-corrected chi connectivity index (χ4v) is 0.540. The zero-order valence-electron chi connectivity index (χ0n) is 5.86. The maximum atomic E-state index is 3.03. The molecule has 0 atom stereocenters. The molecular formula is C5H16N2O. The molecule has 0 aliphatic carbocycles. The molecule has 0 rings (SSSR count). The number of nitrogens with one attached hydrogen (secondary N) is 1. The van der Waals surface area contributed by atoms with Crippen molar-refractivity contribution in [1.82, 2.24) is 10.4 Å². The minimum Gasteiger partial charge on any atom is -0.412 e. The van der Waals surface area contributed by atoms with E-state index in [9.17, 15) is 0 Å². The summed E-state index contributed by atoms with van der Waals surface area (Å²) in [5.41, 5.74) is 3.03. The van der Waals surface area contributed by atoms with Gasteiger partial charge in [0.15, 0.2) is 0 Å². The van der Waals surface area contributed by atoms with Gasteiger partial charge in [-0.3, -0.25) is 5.43 Å². The summed E-state index contributed by atoms with van der Waals surface area (Å²) < 4.78 is 0. The lowest BCUT2D eigenvalue weighted by atomic mass is 10.6. The molecule has 0 aromatic rings. The Morgan fingerprint density at radius 1 is 1.25 bits per heavy atom. The van der Waals surface area contributed by atoms with Crippen LogP contribution in [0.4, 0.5) is 0 Å². The first-order chi connectivity index (χ1) is 3.35. The van der Waals surface area contributed by atoms with Crippen LogP contribution in [-0.2, 0) is 0 Å². The van der Waals surface area contributed by atoms with Gasteiger partial charge in [-0.05, 0) is 7.05 Å². The van der Waals surface area contributed by atoms with Gasteiger partial charge < -0.3 is 5.48 Å². The summed E-state index contributed by atoms with van der Waals surface area (Å²) >= 11 is 0. The van der Waals surface area contributed by atoms with Crippen LogP contribution in [-0.4, -0.2) is 30.6 Å². The van der Waals surface area contributed by atoms with Crippen LogP contribution < -0.4 is 5.43 Å². The van der Waals surface area contributed by atoms with Crippen LogP contribution in [0.3, 0.4) is 0 Å². The van der Waals surface area contributed by atoms with E-state index in [-0.39, 0.29) is 5.48 Å². The van der Waals surface area contributed by atoms with Crippen LogP contribution in [0, 0.1) is 0 Å². The van der Waals surface area contributed by atoms with Crippen LogP contribution in [0.25, 0.3) is 0 Å². The van der Waals surface area contributed by atoms with Crippen LogP contribution in [0.15, 0.2) is 0 Å². The maximum absolute atomic E-state index is 3.03. The molecule has 8 heavy (non-hydrogen) atoms. The van der Waals surface area contributed by atoms with Gasteiger partial charge >= 0.3 is 0 Å². The number of hydrogen-bond acceptors (Lipinski definition) is 2. The summed E-state index contributed by atoms with van der Waals surface area (Å²) in [4.78, 5) is 0. The third-order valence-corrected chi connectivity index (χ3v) is 1.08. The predicted octanol–water partition coefficient (Wildman–Crippen LogP) is -0.362. The van der Waals surface area contributed by atoms with Crippen LogP contribution >= 0.6 is 0 Å². The van der Waals surface area contributed by atoms with Crippen molar-refractivity contribution in [2.75, 3.05) is 20.1 Å². The Balaban J connectivity index is 0. The van der Waals surface area contributed by atoms with E-state index in [0.29, 0.717) is 0 Å². The Labute approximate surface area is 51.0 Å². The van der Waals surface area contributed by atoms with Crippen molar-refractivity contribution in [3.05, 3.63) is 0 Å². The smallest absolute Gasteiger partial charge is 0.0102 e. The zero-order valence-corrected chi connectivity index (χ0v) is 5.86. The highest BCUT2D eigenvalue weighted by Gasteiger charge is 1.88. The molecule has 0 fully saturated rings. The van der Waals surface area contributed by atoms with E-state index in [0.717, 1.165) is 13.1 Å². The minimum absolute atomic E-state index is 0. The molecule has 0 saturated carbocycles. The van der Waals surface area contributed by atoms with Gasteiger partial charge in [-0.15, -0.1) is 0 Å². The summed E-state index contributed by atoms with van der Waals surface area (Å²) in [6, 6.07) is 0. The first kappa shape index (κ1) is 10.8. The molecule has 0 amide bonds. The van der Waals surface area contributed by atoms with Crippen molar-refractivity contribution < 1.29 is 5.48 Å². The van der Waals surface area contributed by atoms with E-state index in [2.05, 4.69) is 24.3 Å². The van der Waals surface area contributed by atoms with Crippen LogP contribution in [0.2, 0.25) is 0 Å². The Bertz CT molecular complexity index is 31.9. The van der Waals surface area contributed by atoms with E-state index in [4.69, 9.17) is 0 Å². The van der Waals surface area contributed by atoms with Gasteiger partial charge in [0.2, 0.25) is 0 Å². The number of rotatable bonds is 3. The highest BCUT2D eigenvalue weighted by atomic mass is 16.0. The van der Waals surface area contributed by atoms with Gasteiger partial charge in [0.05, 0.1) is 0 Å². The summed E-state index contributed by atoms with van der Waals surface area (Å²) in [5.74, 6) is 0. The van der Waals surface area contributed by atoms with Gasteiger partial charge in [0.25, 0.3) is 0 Å². The van der Waals surface area contributed by atoms with Crippen molar-refractivity contribution >= 4 is 0 Å². The third kappa shape index (κ3) is 4.05. The molecule has 0 aliphatic rings. The SMILES string of the molecule is CCN(CC)NC.O. The molecular weight excluding hydrogens is 104 g/mol. The molecule has 52 valence electrons. The van der Waals surface area contributed by atoms with E-state index >= 15 is 0 Å². The van der Waals surface area contributed by atoms with Crippen molar-refractivity contribution in [1.29, 1.82) is 0 Å². The summed E-state index contributed by atoms with van der Waals surface area (Å²) in [5, 5.41) is 2.12. The second kappa shape index (κ2) is 6.88.